The van der Waals surface area contributed by atoms with Gasteiger partial charge in [-0.15, -0.1) is 0 Å². The van der Waals surface area contributed by atoms with Crippen LogP contribution in [-0.4, -0.2) is 31.1 Å². The van der Waals surface area contributed by atoms with E-state index in [2.05, 4.69) is 22.8 Å². The minimum atomic E-state index is 0.364. The SMILES string of the molecule is CCCCCCOc1ccc(OCCOc2ccc(Cl)cc2/C=N\NC(=S)NCc2ccccc2)cc1. The molecule has 0 atom stereocenters. The van der Waals surface area contributed by atoms with Crippen LogP contribution in [0.4, 0.5) is 0 Å². The van der Waals surface area contributed by atoms with Gasteiger partial charge < -0.3 is 19.5 Å². The molecule has 0 bridgehead atoms. The third-order valence-electron chi connectivity index (χ3n) is 5.34. The van der Waals surface area contributed by atoms with Crippen LogP contribution in [0.2, 0.25) is 5.02 Å². The molecule has 3 aromatic rings. The molecule has 0 spiro atoms. The first-order chi connectivity index (χ1) is 18.1. The number of ether oxygens (including phenoxy) is 3. The predicted octanol–water partition coefficient (Wildman–Crippen LogP) is 6.76. The topological polar surface area (TPSA) is 64.1 Å². The first-order valence-corrected chi connectivity index (χ1v) is 13.3. The second kappa shape index (κ2) is 16.5. The third-order valence-corrected chi connectivity index (χ3v) is 5.81. The Balaban J connectivity index is 1.40. The summed E-state index contributed by atoms with van der Waals surface area (Å²) in [7, 11) is 0. The molecule has 0 aliphatic rings. The highest BCUT2D eigenvalue weighted by Crippen LogP contribution is 2.22. The molecule has 0 aliphatic carbocycles. The molecule has 196 valence electrons. The van der Waals surface area contributed by atoms with Crippen LogP contribution in [0.25, 0.3) is 0 Å². The predicted molar refractivity (Wildman–Crippen MR) is 155 cm³/mol. The van der Waals surface area contributed by atoms with E-state index in [9.17, 15) is 0 Å². The van der Waals surface area contributed by atoms with E-state index >= 15 is 0 Å². The molecule has 0 heterocycles. The first kappa shape index (κ1) is 28.3. The van der Waals surface area contributed by atoms with Gasteiger partial charge in [0.05, 0.1) is 12.8 Å². The Morgan fingerprint density at radius 2 is 1.57 bits per heavy atom. The Kier molecular flexibility index (Phi) is 12.6. The summed E-state index contributed by atoms with van der Waals surface area (Å²) >= 11 is 11.5. The van der Waals surface area contributed by atoms with Crippen LogP contribution in [0.1, 0.15) is 43.7 Å². The van der Waals surface area contributed by atoms with Crippen molar-refractivity contribution in [2.45, 2.75) is 39.2 Å². The van der Waals surface area contributed by atoms with Crippen LogP contribution in [0.15, 0.2) is 77.9 Å². The number of hydrogen-bond acceptors (Lipinski definition) is 5. The van der Waals surface area contributed by atoms with E-state index in [4.69, 9.17) is 38.0 Å². The lowest BCUT2D eigenvalue weighted by Gasteiger charge is -2.12. The van der Waals surface area contributed by atoms with E-state index in [1.165, 1.54) is 19.3 Å². The Hall–Kier alpha value is -3.29. The molecular weight excluding hydrogens is 506 g/mol. The van der Waals surface area contributed by atoms with Crippen LogP contribution in [0.5, 0.6) is 17.2 Å². The number of hydrogen-bond donors (Lipinski definition) is 2. The van der Waals surface area contributed by atoms with Gasteiger partial charge in [0, 0.05) is 17.1 Å². The van der Waals surface area contributed by atoms with E-state index in [1.54, 1.807) is 18.3 Å². The van der Waals surface area contributed by atoms with Gasteiger partial charge in [0.1, 0.15) is 30.5 Å². The number of benzene rings is 3. The molecule has 37 heavy (non-hydrogen) atoms. The van der Waals surface area contributed by atoms with Crippen molar-refractivity contribution < 1.29 is 14.2 Å². The van der Waals surface area contributed by atoms with Gasteiger partial charge in [-0.05, 0) is 66.7 Å². The van der Waals surface area contributed by atoms with Gasteiger partial charge >= 0.3 is 0 Å². The standard InChI is InChI=1S/C29H34ClN3O3S/c1-2-3-4-8-17-34-26-12-14-27(15-13-26)35-18-19-36-28-16-11-25(30)20-24(28)22-32-33-29(37)31-21-23-9-6-5-7-10-23/h5-7,9-16,20,22H,2-4,8,17-19,21H2,1H3,(H2,31,33,37)/b32-22-. The van der Waals surface area contributed by atoms with Crippen molar-refractivity contribution in [3.63, 3.8) is 0 Å². The number of halogens is 1. The zero-order chi connectivity index (χ0) is 26.1. The van der Waals surface area contributed by atoms with Crippen LogP contribution in [0.3, 0.4) is 0 Å². The summed E-state index contributed by atoms with van der Waals surface area (Å²) in [6.45, 7) is 4.31. The Morgan fingerprint density at radius 1 is 0.865 bits per heavy atom. The molecule has 0 unspecified atom stereocenters. The van der Waals surface area contributed by atoms with Crippen molar-refractivity contribution in [1.82, 2.24) is 10.7 Å². The molecule has 8 heteroatoms. The molecule has 0 saturated heterocycles. The lowest BCUT2D eigenvalue weighted by molar-refractivity contribution is 0.216. The number of unbranched alkanes of at least 4 members (excludes halogenated alkanes) is 3. The molecule has 3 rings (SSSR count). The van der Waals surface area contributed by atoms with Gasteiger partial charge in [-0.3, -0.25) is 5.43 Å². The smallest absolute Gasteiger partial charge is 0.187 e. The average molecular weight is 540 g/mol. The molecule has 0 saturated carbocycles. The lowest BCUT2D eigenvalue weighted by atomic mass is 10.2. The zero-order valence-corrected chi connectivity index (χ0v) is 22.7. The van der Waals surface area contributed by atoms with E-state index in [0.29, 0.717) is 35.6 Å². The summed E-state index contributed by atoms with van der Waals surface area (Å²) < 4.78 is 17.5. The van der Waals surface area contributed by atoms with E-state index < -0.39 is 0 Å². The van der Waals surface area contributed by atoms with Gasteiger partial charge in [0.2, 0.25) is 0 Å². The monoisotopic (exact) mass is 539 g/mol. The summed E-state index contributed by atoms with van der Waals surface area (Å²) in [6.07, 6.45) is 6.38. The number of nitrogens with one attached hydrogen (secondary N) is 2. The fraction of sp³-hybridized carbons (Fsp3) is 0.310. The lowest BCUT2D eigenvalue weighted by Crippen LogP contribution is -2.31. The van der Waals surface area contributed by atoms with Crippen molar-refractivity contribution in [3.8, 4) is 17.2 Å². The van der Waals surface area contributed by atoms with Crippen LogP contribution < -0.4 is 25.0 Å². The third kappa shape index (κ3) is 11.1. The highest BCUT2D eigenvalue weighted by atomic mass is 35.5. The molecule has 0 radical (unpaired) electrons. The molecule has 0 aliphatic heterocycles. The van der Waals surface area contributed by atoms with Crippen LogP contribution in [-0.2, 0) is 6.54 Å². The average Bonchev–Trinajstić information content (AvgIpc) is 2.92. The van der Waals surface area contributed by atoms with E-state index in [1.807, 2.05) is 60.7 Å². The molecule has 3 aromatic carbocycles. The van der Waals surface area contributed by atoms with Gasteiger partial charge in [-0.2, -0.15) is 5.10 Å². The highest BCUT2D eigenvalue weighted by Gasteiger charge is 2.04. The van der Waals surface area contributed by atoms with E-state index in [0.717, 1.165) is 35.7 Å². The van der Waals surface area contributed by atoms with Gasteiger partial charge in [0.25, 0.3) is 0 Å². The summed E-state index contributed by atoms with van der Waals surface area (Å²) in [4.78, 5) is 0. The second-order valence-corrected chi connectivity index (χ2v) is 9.14. The molecule has 2 N–H and O–H groups in total. The van der Waals surface area contributed by atoms with Crippen molar-refractivity contribution in [2.24, 2.45) is 5.10 Å². The molecule has 0 amide bonds. The molecule has 0 aromatic heterocycles. The van der Waals surface area contributed by atoms with Crippen molar-refractivity contribution in [3.05, 3.63) is 88.9 Å². The Labute approximate surface area is 230 Å². The number of rotatable bonds is 15. The zero-order valence-electron chi connectivity index (χ0n) is 21.1. The highest BCUT2D eigenvalue weighted by molar-refractivity contribution is 7.80. The summed E-state index contributed by atoms with van der Waals surface area (Å²) in [5.74, 6) is 2.27. The number of nitrogens with zero attached hydrogens (tertiary/aromatic N) is 1. The summed E-state index contributed by atoms with van der Waals surface area (Å²) in [5, 5.41) is 8.34. The minimum absolute atomic E-state index is 0.364. The van der Waals surface area contributed by atoms with Crippen LogP contribution in [0, 0.1) is 0 Å². The molecule has 0 fully saturated rings. The molecule has 6 nitrogen and oxygen atoms in total. The normalized spacial score (nSPS) is 10.8. The quantitative estimate of drug-likeness (QED) is 0.0963. The van der Waals surface area contributed by atoms with Crippen LogP contribution >= 0.6 is 23.8 Å². The van der Waals surface area contributed by atoms with Crippen molar-refractivity contribution in [1.29, 1.82) is 0 Å². The summed E-state index contributed by atoms with van der Waals surface area (Å²) in [5.41, 5.74) is 4.68. The number of thiocarbonyl (C=S) groups is 1. The number of hydrazone groups is 1. The Bertz CT molecular complexity index is 1110. The second-order valence-electron chi connectivity index (χ2n) is 8.30. The fourth-order valence-electron chi connectivity index (χ4n) is 3.39. The first-order valence-electron chi connectivity index (χ1n) is 12.5. The van der Waals surface area contributed by atoms with Crippen molar-refractivity contribution >= 4 is 35.1 Å². The maximum Gasteiger partial charge on any atom is 0.187 e. The van der Waals surface area contributed by atoms with Crippen molar-refractivity contribution in [2.75, 3.05) is 19.8 Å². The maximum atomic E-state index is 6.17. The fourth-order valence-corrected chi connectivity index (χ4v) is 3.70. The largest absolute Gasteiger partial charge is 0.494 e. The van der Waals surface area contributed by atoms with Gasteiger partial charge in [-0.1, -0.05) is 68.1 Å². The van der Waals surface area contributed by atoms with Gasteiger partial charge in [-0.25, -0.2) is 0 Å². The molecular formula is C29H34ClN3O3S. The summed E-state index contributed by atoms with van der Waals surface area (Å²) in [6, 6.07) is 23.0. The maximum absolute atomic E-state index is 6.17. The minimum Gasteiger partial charge on any atom is -0.494 e. The van der Waals surface area contributed by atoms with E-state index in [-0.39, 0.29) is 0 Å². The van der Waals surface area contributed by atoms with Gasteiger partial charge in [0.15, 0.2) is 5.11 Å². The Morgan fingerprint density at radius 3 is 2.30 bits per heavy atom.